The highest BCUT2D eigenvalue weighted by atomic mass is 35.5. The third-order valence-corrected chi connectivity index (χ3v) is 5.63. The minimum Gasteiger partial charge on any atom is -0.397 e. The van der Waals surface area contributed by atoms with Crippen LogP contribution in [0.15, 0.2) is 36.4 Å². The first kappa shape index (κ1) is 21.5. The van der Waals surface area contributed by atoms with Gasteiger partial charge in [-0.05, 0) is 49.7 Å². The summed E-state index contributed by atoms with van der Waals surface area (Å²) < 4.78 is 39.4. The van der Waals surface area contributed by atoms with Gasteiger partial charge in [-0.25, -0.2) is 0 Å². The lowest BCUT2D eigenvalue weighted by atomic mass is 9.92. The van der Waals surface area contributed by atoms with Crippen molar-refractivity contribution in [2.45, 2.75) is 38.0 Å². The number of benzene rings is 2. The molecule has 4 nitrogen and oxygen atoms in total. The Kier molecular flexibility index (Phi) is 6.39. The zero-order valence-corrected chi connectivity index (χ0v) is 16.8. The maximum Gasteiger partial charge on any atom is 0.418 e. The molecule has 0 spiro atoms. The topological polar surface area (TPSA) is 58.4 Å². The molecule has 1 heterocycles. The van der Waals surface area contributed by atoms with Gasteiger partial charge in [-0.1, -0.05) is 42.3 Å². The van der Waals surface area contributed by atoms with Crippen LogP contribution in [0.25, 0.3) is 0 Å². The van der Waals surface area contributed by atoms with Crippen molar-refractivity contribution in [1.82, 2.24) is 10.2 Å². The molecule has 0 radical (unpaired) electrons. The summed E-state index contributed by atoms with van der Waals surface area (Å²) in [6.07, 6.45) is -1.36. The van der Waals surface area contributed by atoms with Gasteiger partial charge < -0.3 is 11.1 Å². The molecule has 3 rings (SSSR count). The molecule has 1 saturated heterocycles. The van der Waals surface area contributed by atoms with E-state index in [1.54, 1.807) is 0 Å². The second-order valence-electron chi connectivity index (χ2n) is 7.29. The molecular weight excluding hydrogens is 403 g/mol. The molecule has 2 aromatic rings. The lowest BCUT2D eigenvalue weighted by Gasteiger charge is -2.34. The number of nitrogens with zero attached hydrogens (tertiary/aromatic N) is 1. The van der Waals surface area contributed by atoms with E-state index in [9.17, 15) is 18.0 Å². The molecule has 1 aliphatic rings. The van der Waals surface area contributed by atoms with Gasteiger partial charge in [0.05, 0.1) is 16.3 Å². The van der Waals surface area contributed by atoms with Gasteiger partial charge >= 0.3 is 6.18 Å². The van der Waals surface area contributed by atoms with Crippen LogP contribution in [0.1, 0.15) is 52.4 Å². The van der Waals surface area contributed by atoms with E-state index in [1.807, 2.05) is 24.3 Å². The van der Waals surface area contributed by atoms with Crippen molar-refractivity contribution in [2.75, 3.05) is 19.3 Å². The first-order chi connectivity index (χ1) is 13.7. The number of hydrogen-bond acceptors (Lipinski definition) is 3. The van der Waals surface area contributed by atoms with Crippen molar-refractivity contribution in [3.05, 3.63) is 63.7 Å². The number of carbonyl (C=O) groups excluding carboxylic acids is 1. The Morgan fingerprint density at radius 1 is 1.28 bits per heavy atom. The molecule has 1 atom stereocenters. The lowest BCUT2D eigenvalue weighted by Crippen LogP contribution is -2.31. The van der Waals surface area contributed by atoms with Gasteiger partial charge in [0.2, 0.25) is 0 Å². The summed E-state index contributed by atoms with van der Waals surface area (Å²) in [4.78, 5) is 14.8. The Bertz CT molecular complexity index is 901. The quantitative estimate of drug-likeness (QED) is 0.675. The highest BCUT2D eigenvalue weighted by Crippen LogP contribution is 2.38. The number of alkyl halides is 3. The molecule has 0 saturated carbocycles. The summed E-state index contributed by atoms with van der Waals surface area (Å²) in [5, 5.41) is 2.41. The highest BCUT2D eigenvalue weighted by Gasteiger charge is 2.35. The van der Waals surface area contributed by atoms with Crippen LogP contribution >= 0.6 is 11.6 Å². The third kappa shape index (κ3) is 4.85. The van der Waals surface area contributed by atoms with Gasteiger partial charge in [-0.2, -0.15) is 13.2 Å². The van der Waals surface area contributed by atoms with Gasteiger partial charge in [0, 0.05) is 18.2 Å². The van der Waals surface area contributed by atoms with Crippen molar-refractivity contribution in [2.24, 2.45) is 0 Å². The smallest absolute Gasteiger partial charge is 0.397 e. The van der Waals surface area contributed by atoms with E-state index >= 15 is 0 Å². The summed E-state index contributed by atoms with van der Waals surface area (Å²) in [6, 6.07) is 9.96. The van der Waals surface area contributed by atoms with E-state index in [0.29, 0.717) is 0 Å². The number of amides is 1. The van der Waals surface area contributed by atoms with Crippen molar-refractivity contribution in [3.63, 3.8) is 0 Å². The monoisotopic (exact) mass is 425 g/mol. The average Bonchev–Trinajstić information content (AvgIpc) is 2.68. The van der Waals surface area contributed by atoms with Gasteiger partial charge in [0.1, 0.15) is 0 Å². The molecule has 0 aliphatic carbocycles. The lowest BCUT2D eigenvalue weighted by molar-refractivity contribution is -0.136. The fraction of sp³-hybridized carbons (Fsp3) is 0.381. The molecule has 29 heavy (non-hydrogen) atoms. The standard InChI is InChI=1S/C21H23ClF3N3O/c1-28-9-5-4-8-18(28)15-7-3-2-6-13(15)12-27-20(29)14-10-16(21(23,24)25)19(26)17(22)11-14/h2-3,6-7,10-11,18H,4-5,8-9,12,26H2,1H3,(H,27,29)/t18-/m1/s1. The predicted molar refractivity (Wildman–Crippen MR) is 108 cm³/mol. The molecule has 1 amide bonds. The molecule has 0 unspecified atom stereocenters. The first-order valence-electron chi connectivity index (χ1n) is 9.41. The van der Waals surface area contributed by atoms with Gasteiger partial charge in [0.15, 0.2) is 0 Å². The van der Waals surface area contributed by atoms with E-state index in [0.717, 1.165) is 49.1 Å². The Hall–Kier alpha value is -2.25. The Labute approximate surface area is 172 Å². The number of likely N-dealkylation sites (tertiary alicyclic amines) is 1. The van der Waals surface area contributed by atoms with Gasteiger partial charge in [0.25, 0.3) is 5.91 Å². The van der Waals surface area contributed by atoms with Crippen LogP contribution < -0.4 is 11.1 Å². The van der Waals surface area contributed by atoms with Crippen LogP contribution in [-0.4, -0.2) is 24.4 Å². The van der Waals surface area contributed by atoms with E-state index in [2.05, 4.69) is 17.3 Å². The predicted octanol–water partition coefficient (Wildman–Crippen LogP) is 5.03. The number of hydrogen-bond donors (Lipinski definition) is 2. The first-order valence-corrected chi connectivity index (χ1v) is 9.78. The Balaban J connectivity index is 1.79. The molecule has 3 N–H and O–H groups in total. The molecule has 0 bridgehead atoms. The number of halogens is 4. The van der Waals surface area contributed by atoms with Crippen LogP contribution in [-0.2, 0) is 12.7 Å². The van der Waals surface area contributed by atoms with Crippen molar-refractivity contribution >= 4 is 23.2 Å². The van der Waals surface area contributed by atoms with Crippen LogP contribution in [0.2, 0.25) is 5.02 Å². The molecule has 1 aliphatic heterocycles. The number of anilines is 1. The van der Waals surface area contributed by atoms with Gasteiger partial charge in [-0.3, -0.25) is 9.69 Å². The largest absolute Gasteiger partial charge is 0.418 e. The van der Waals surface area contributed by atoms with Crippen LogP contribution in [0, 0.1) is 0 Å². The second kappa shape index (κ2) is 8.63. The molecule has 0 aromatic heterocycles. The zero-order valence-electron chi connectivity index (χ0n) is 16.0. The van der Waals surface area contributed by atoms with E-state index in [1.165, 1.54) is 0 Å². The van der Waals surface area contributed by atoms with E-state index < -0.39 is 23.3 Å². The highest BCUT2D eigenvalue weighted by molar-refractivity contribution is 6.33. The molecular formula is C21H23ClF3N3O. The Morgan fingerprint density at radius 3 is 2.69 bits per heavy atom. The molecule has 8 heteroatoms. The molecule has 156 valence electrons. The maximum absolute atomic E-state index is 13.1. The summed E-state index contributed by atoms with van der Waals surface area (Å²) in [6.45, 7) is 1.22. The van der Waals surface area contributed by atoms with Crippen LogP contribution in [0.4, 0.5) is 18.9 Å². The fourth-order valence-electron chi connectivity index (χ4n) is 3.75. The van der Waals surface area contributed by atoms with Crippen LogP contribution in [0.3, 0.4) is 0 Å². The van der Waals surface area contributed by atoms with Crippen molar-refractivity contribution in [1.29, 1.82) is 0 Å². The summed E-state index contributed by atoms with van der Waals surface area (Å²) in [5.74, 6) is -0.635. The minimum absolute atomic E-state index is 0.177. The molecule has 1 fully saturated rings. The summed E-state index contributed by atoms with van der Waals surface area (Å²) in [7, 11) is 2.08. The summed E-state index contributed by atoms with van der Waals surface area (Å²) in [5.41, 5.74) is 5.63. The molecule has 2 aromatic carbocycles. The van der Waals surface area contributed by atoms with Crippen molar-refractivity contribution in [3.8, 4) is 0 Å². The normalized spacial score (nSPS) is 17.9. The number of rotatable bonds is 4. The number of nitrogens with two attached hydrogens (primary N) is 1. The van der Waals surface area contributed by atoms with Gasteiger partial charge in [-0.15, -0.1) is 0 Å². The number of nitrogen functional groups attached to an aromatic ring is 1. The van der Waals surface area contributed by atoms with E-state index in [4.69, 9.17) is 17.3 Å². The van der Waals surface area contributed by atoms with Crippen LogP contribution in [0.5, 0.6) is 0 Å². The zero-order chi connectivity index (χ0) is 21.2. The Morgan fingerprint density at radius 2 is 2.00 bits per heavy atom. The maximum atomic E-state index is 13.1. The SMILES string of the molecule is CN1CCCC[C@@H]1c1ccccc1CNC(=O)c1cc(Cl)c(N)c(C(F)(F)F)c1. The minimum atomic E-state index is -4.69. The fourth-order valence-corrected chi connectivity index (χ4v) is 3.97. The van der Waals surface area contributed by atoms with Crippen molar-refractivity contribution < 1.29 is 18.0 Å². The number of carbonyl (C=O) groups is 1. The van der Waals surface area contributed by atoms with E-state index in [-0.39, 0.29) is 23.2 Å². The average molecular weight is 426 g/mol. The number of piperidine rings is 1. The second-order valence-corrected chi connectivity index (χ2v) is 7.70. The number of nitrogens with one attached hydrogen (secondary N) is 1. The summed E-state index contributed by atoms with van der Waals surface area (Å²) >= 11 is 5.82. The third-order valence-electron chi connectivity index (χ3n) is 5.32.